The normalized spacial score (nSPS) is 10.6. The van der Waals surface area contributed by atoms with Crippen LogP contribution in [0.4, 0.5) is 4.39 Å². The first-order valence-electron chi connectivity index (χ1n) is 7.29. The van der Waals surface area contributed by atoms with Crippen molar-refractivity contribution in [1.29, 1.82) is 0 Å². The Hall–Kier alpha value is -2.66. The number of nitrogens with one attached hydrogen (secondary N) is 1. The van der Waals surface area contributed by atoms with E-state index in [1.165, 1.54) is 12.1 Å². The van der Waals surface area contributed by atoms with E-state index < -0.39 is 0 Å². The highest BCUT2D eigenvalue weighted by Gasteiger charge is 2.19. The zero-order valence-electron chi connectivity index (χ0n) is 12.8. The standard InChI is InChI=1S/C18H14ClFN2O2/c1-11-16(17(23)21-10-12-6-8-13(20)9-7-12)22-18(24-11)14-4-2-3-5-15(14)19/h2-9H,10H2,1H3,(H,21,23). The second kappa shape index (κ2) is 6.84. The molecule has 6 heteroatoms. The molecule has 0 radical (unpaired) electrons. The molecule has 1 N–H and O–H groups in total. The van der Waals surface area contributed by atoms with Crippen molar-refractivity contribution in [3.63, 3.8) is 0 Å². The number of carbonyl (C=O) groups excluding carboxylic acids is 1. The Labute approximate surface area is 143 Å². The Morgan fingerprint density at radius 2 is 1.92 bits per heavy atom. The molecule has 0 spiro atoms. The van der Waals surface area contributed by atoms with Gasteiger partial charge < -0.3 is 9.73 Å². The summed E-state index contributed by atoms with van der Waals surface area (Å²) in [5.74, 6) is 0.0206. The van der Waals surface area contributed by atoms with Crippen molar-refractivity contribution in [1.82, 2.24) is 10.3 Å². The number of aryl methyl sites for hydroxylation is 1. The van der Waals surface area contributed by atoms with Gasteiger partial charge in [-0.1, -0.05) is 35.9 Å². The van der Waals surface area contributed by atoms with Gasteiger partial charge in [0.15, 0.2) is 5.69 Å². The molecular weight excluding hydrogens is 331 g/mol. The predicted molar refractivity (Wildman–Crippen MR) is 89.3 cm³/mol. The summed E-state index contributed by atoms with van der Waals surface area (Å²) in [7, 11) is 0. The maximum absolute atomic E-state index is 12.9. The number of hydrogen-bond acceptors (Lipinski definition) is 3. The van der Waals surface area contributed by atoms with Crippen molar-refractivity contribution < 1.29 is 13.6 Å². The van der Waals surface area contributed by atoms with Crippen LogP contribution in [0.5, 0.6) is 0 Å². The first kappa shape index (κ1) is 16.2. The van der Waals surface area contributed by atoms with E-state index >= 15 is 0 Å². The number of carbonyl (C=O) groups is 1. The van der Waals surface area contributed by atoms with Gasteiger partial charge in [-0.25, -0.2) is 9.37 Å². The molecule has 1 aromatic heterocycles. The van der Waals surface area contributed by atoms with E-state index in [-0.39, 0.29) is 24.0 Å². The summed E-state index contributed by atoms with van der Waals surface area (Å²) in [5, 5.41) is 3.24. The summed E-state index contributed by atoms with van der Waals surface area (Å²) in [5.41, 5.74) is 1.61. The van der Waals surface area contributed by atoms with Crippen LogP contribution in [0.2, 0.25) is 5.02 Å². The summed E-state index contributed by atoms with van der Waals surface area (Å²) in [6, 6.07) is 13.0. The number of nitrogens with zero attached hydrogens (tertiary/aromatic N) is 1. The van der Waals surface area contributed by atoms with Crippen molar-refractivity contribution >= 4 is 17.5 Å². The van der Waals surface area contributed by atoms with Gasteiger partial charge in [0.25, 0.3) is 5.91 Å². The van der Waals surface area contributed by atoms with Crippen molar-refractivity contribution in [3.05, 3.63) is 76.4 Å². The van der Waals surface area contributed by atoms with E-state index in [1.807, 2.05) is 6.07 Å². The third kappa shape index (κ3) is 3.46. The Balaban J connectivity index is 1.76. The summed E-state index contributed by atoms with van der Waals surface area (Å²) in [4.78, 5) is 16.5. The highest BCUT2D eigenvalue weighted by molar-refractivity contribution is 6.33. The summed E-state index contributed by atoms with van der Waals surface area (Å²) in [6.07, 6.45) is 0. The van der Waals surface area contributed by atoms with Crippen LogP contribution >= 0.6 is 11.6 Å². The lowest BCUT2D eigenvalue weighted by Crippen LogP contribution is -2.23. The van der Waals surface area contributed by atoms with E-state index in [9.17, 15) is 9.18 Å². The number of amides is 1. The third-order valence-electron chi connectivity index (χ3n) is 3.48. The van der Waals surface area contributed by atoms with Crippen molar-refractivity contribution in [3.8, 4) is 11.5 Å². The Bertz CT molecular complexity index is 875. The van der Waals surface area contributed by atoms with Gasteiger partial charge in [0.05, 0.1) is 10.6 Å². The van der Waals surface area contributed by atoms with Gasteiger partial charge in [0.2, 0.25) is 5.89 Å². The molecule has 0 atom stereocenters. The van der Waals surface area contributed by atoms with Crippen LogP contribution in [-0.2, 0) is 6.54 Å². The maximum atomic E-state index is 12.9. The van der Waals surface area contributed by atoms with E-state index in [1.54, 1.807) is 37.3 Å². The fourth-order valence-corrected chi connectivity index (χ4v) is 2.44. The van der Waals surface area contributed by atoms with Crippen LogP contribution < -0.4 is 5.32 Å². The minimum atomic E-state index is -0.362. The van der Waals surface area contributed by atoms with Crippen LogP contribution in [0.15, 0.2) is 52.9 Å². The molecule has 0 aliphatic heterocycles. The Kier molecular flexibility index (Phi) is 4.62. The van der Waals surface area contributed by atoms with E-state index in [4.69, 9.17) is 16.0 Å². The van der Waals surface area contributed by atoms with Gasteiger partial charge in [-0.2, -0.15) is 0 Å². The zero-order valence-corrected chi connectivity index (χ0v) is 13.6. The molecule has 1 heterocycles. The summed E-state index contributed by atoms with van der Waals surface area (Å²) in [6.45, 7) is 1.94. The van der Waals surface area contributed by atoms with Crippen LogP contribution in [0, 0.1) is 12.7 Å². The van der Waals surface area contributed by atoms with Crippen LogP contribution in [0.25, 0.3) is 11.5 Å². The van der Waals surface area contributed by atoms with Gasteiger partial charge in [-0.05, 0) is 36.8 Å². The molecule has 122 valence electrons. The molecular formula is C18H14ClFN2O2. The monoisotopic (exact) mass is 344 g/mol. The van der Waals surface area contributed by atoms with Crippen LogP contribution in [0.1, 0.15) is 21.8 Å². The fourth-order valence-electron chi connectivity index (χ4n) is 2.23. The number of aromatic nitrogens is 1. The van der Waals surface area contributed by atoms with E-state index in [0.29, 0.717) is 22.2 Å². The Morgan fingerprint density at radius 1 is 1.21 bits per heavy atom. The van der Waals surface area contributed by atoms with Crippen molar-refractivity contribution in [2.45, 2.75) is 13.5 Å². The summed E-state index contributed by atoms with van der Waals surface area (Å²) < 4.78 is 18.4. The summed E-state index contributed by atoms with van der Waals surface area (Å²) >= 11 is 6.12. The molecule has 0 aliphatic carbocycles. The van der Waals surface area contributed by atoms with Crippen LogP contribution in [0.3, 0.4) is 0 Å². The molecule has 0 fully saturated rings. The van der Waals surface area contributed by atoms with Crippen molar-refractivity contribution in [2.24, 2.45) is 0 Å². The quantitative estimate of drug-likeness (QED) is 0.764. The number of rotatable bonds is 4. The van der Waals surface area contributed by atoms with Gasteiger partial charge in [-0.15, -0.1) is 0 Å². The van der Waals surface area contributed by atoms with E-state index in [2.05, 4.69) is 10.3 Å². The molecule has 0 aliphatic rings. The molecule has 4 nitrogen and oxygen atoms in total. The van der Waals surface area contributed by atoms with Gasteiger partial charge >= 0.3 is 0 Å². The minimum Gasteiger partial charge on any atom is -0.441 e. The Morgan fingerprint density at radius 3 is 2.62 bits per heavy atom. The second-order valence-electron chi connectivity index (χ2n) is 5.21. The van der Waals surface area contributed by atoms with Gasteiger partial charge in [0, 0.05) is 6.54 Å². The molecule has 3 rings (SSSR count). The molecule has 0 saturated heterocycles. The molecule has 3 aromatic rings. The smallest absolute Gasteiger partial charge is 0.273 e. The fraction of sp³-hybridized carbons (Fsp3) is 0.111. The maximum Gasteiger partial charge on any atom is 0.273 e. The molecule has 2 aromatic carbocycles. The zero-order chi connectivity index (χ0) is 17.1. The van der Waals surface area contributed by atoms with Gasteiger partial charge in [0.1, 0.15) is 11.6 Å². The van der Waals surface area contributed by atoms with Crippen molar-refractivity contribution in [2.75, 3.05) is 0 Å². The third-order valence-corrected chi connectivity index (χ3v) is 3.81. The molecule has 0 unspecified atom stereocenters. The average Bonchev–Trinajstić information content (AvgIpc) is 2.96. The predicted octanol–water partition coefficient (Wildman–Crippen LogP) is 4.37. The highest BCUT2D eigenvalue weighted by Crippen LogP contribution is 2.28. The SMILES string of the molecule is Cc1oc(-c2ccccc2Cl)nc1C(=O)NCc1ccc(F)cc1. The minimum absolute atomic E-state index is 0.201. The lowest BCUT2D eigenvalue weighted by molar-refractivity contribution is 0.0945. The molecule has 0 saturated carbocycles. The van der Waals surface area contributed by atoms with E-state index in [0.717, 1.165) is 5.56 Å². The number of oxazole rings is 1. The first-order valence-corrected chi connectivity index (χ1v) is 7.67. The average molecular weight is 345 g/mol. The topological polar surface area (TPSA) is 55.1 Å². The van der Waals surface area contributed by atoms with Crippen LogP contribution in [-0.4, -0.2) is 10.9 Å². The first-order chi connectivity index (χ1) is 11.5. The number of hydrogen-bond donors (Lipinski definition) is 1. The van der Waals surface area contributed by atoms with Gasteiger partial charge in [-0.3, -0.25) is 4.79 Å². The number of halogens is 2. The molecule has 0 bridgehead atoms. The molecule has 24 heavy (non-hydrogen) atoms. The highest BCUT2D eigenvalue weighted by atomic mass is 35.5. The largest absolute Gasteiger partial charge is 0.441 e. The molecule has 1 amide bonds. The second-order valence-corrected chi connectivity index (χ2v) is 5.62. The number of benzene rings is 2. The lowest BCUT2D eigenvalue weighted by Gasteiger charge is -2.03. The lowest BCUT2D eigenvalue weighted by atomic mass is 10.2.